The van der Waals surface area contributed by atoms with Crippen LogP contribution < -0.4 is 0 Å². The van der Waals surface area contributed by atoms with E-state index in [1.807, 2.05) is 0 Å². The highest BCUT2D eigenvalue weighted by Gasteiger charge is 2.38. The van der Waals surface area contributed by atoms with Crippen LogP contribution in [0.1, 0.15) is 26.3 Å². The van der Waals surface area contributed by atoms with Crippen molar-refractivity contribution in [2.24, 2.45) is 0 Å². The number of sulfone groups is 1. The van der Waals surface area contributed by atoms with E-state index < -0.39 is 39.8 Å². The summed E-state index contributed by atoms with van der Waals surface area (Å²) in [5, 5.41) is 0.370. The van der Waals surface area contributed by atoms with E-state index in [0.717, 1.165) is 12.1 Å². The molecular formula is C18H13F2NO6S. The number of fused-ring (bicyclic) bond motifs is 1. The molecule has 3 rings (SSSR count). The molecule has 0 spiro atoms. The second-order valence-electron chi connectivity index (χ2n) is 5.91. The van der Waals surface area contributed by atoms with E-state index in [9.17, 15) is 31.6 Å². The Bertz CT molecular complexity index is 1020. The van der Waals surface area contributed by atoms with Crippen molar-refractivity contribution in [2.75, 3.05) is 5.75 Å². The monoisotopic (exact) mass is 409 g/mol. The number of carbonyl (C=O) groups excluding carboxylic acids is 3. The number of benzene rings is 2. The van der Waals surface area contributed by atoms with Crippen LogP contribution in [0.5, 0.6) is 0 Å². The van der Waals surface area contributed by atoms with Crippen LogP contribution in [0, 0.1) is 0 Å². The Balaban J connectivity index is 1.66. The average Bonchev–Trinajstić information content (AvgIpc) is 2.86. The Morgan fingerprint density at radius 2 is 1.50 bits per heavy atom. The molecule has 0 saturated heterocycles. The van der Waals surface area contributed by atoms with Gasteiger partial charge in [-0.05, 0) is 29.8 Å². The van der Waals surface area contributed by atoms with Crippen molar-refractivity contribution in [3.05, 3.63) is 65.2 Å². The molecule has 1 aliphatic heterocycles. The predicted octanol–water partition coefficient (Wildman–Crippen LogP) is 2.02. The predicted molar refractivity (Wildman–Crippen MR) is 91.2 cm³/mol. The molecule has 0 bridgehead atoms. The second kappa shape index (κ2) is 7.47. The van der Waals surface area contributed by atoms with Crippen molar-refractivity contribution in [1.29, 1.82) is 0 Å². The molecule has 10 heteroatoms. The Hall–Kier alpha value is -3.14. The third-order valence-electron chi connectivity index (χ3n) is 3.93. The highest BCUT2D eigenvalue weighted by atomic mass is 32.2. The lowest BCUT2D eigenvalue weighted by Gasteiger charge is -2.12. The third-order valence-corrected chi connectivity index (χ3v) is 5.61. The fraction of sp³-hybridized carbons (Fsp3) is 0.167. The van der Waals surface area contributed by atoms with Gasteiger partial charge in [-0.15, -0.1) is 0 Å². The van der Waals surface area contributed by atoms with Gasteiger partial charge in [0.25, 0.3) is 18.2 Å². The first kappa shape index (κ1) is 19.6. The van der Waals surface area contributed by atoms with Gasteiger partial charge in [0.15, 0.2) is 9.84 Å². The quantitative estimate of drug-likeness (QED) is 0.677. The standard InChI is InChI=1S/C18H13F2NO6S/c19-15(20)10-28(25,26)12-7-5-11(6-8-12)9-16(22)27-21-17(23)13-3-1-2-4-14(13)18(21)24/h1-8,15H,9-10H2. The molecule has 2 amide bonds. The van der Waals surface area contributed by atoms with Crippen molar-refractivity contribution < 1.29 is 36.4 Å². The zero-order chi connectivity index (χ0) is 20.5. The molecule has 1 heterocycles. The lowest BCUT2D eigenvalue weighted by atomic mass is 10.1. The highest BCUT2D eigenvalue weighted by molar-refractivity contribution is 7.91. The van der Waals surface area contributed by atoms with E-state index in [-0.39, 0.29) is 22.4 Å². The summed E-state index contributed by atoms with van der Waals surface area (Å²) in [4.78, 5) is 40.9. The van der Waals surface area contributed by atoms with Gasteiger partial charge in [0.1, 0.15) is 5.75 Å². The number of halogens is 2. The molecule has 0 fully saturated rings. The summed E-state index contributed by atoms with van der Waals surface area (Å²) >= 11 is 0. The molecule has 0 aromatic heterocycles. The zero-order valence-corrected chi connectivity index (χ0v) is 15.0. The first-order valence-electron chi connectivity index (χ1n) is 7.97. The number of alkyl halides is 2. The van der Waals surface area contributed by atoms with E-state index in [2.05, 4.69) is 0 Å². The van der Waals surface area contributed by atoms with Crippen molar-refractivity contribution in [2.45, 2.75) is 17.7 Å². The van der Waals surface area contributed by atoms with Crippen LogP contribution in [0.2, 0.25) is 0 Å². The molecule has 0 unspecified atom stereocenters. The summed E-state index contributed by atoms with van der Waals surface area (Å²) < 4.78 is 48.1. The smallest absolute Gasteiger partial charge is 0.329 e. The maximum Gasteiger partial charge on any atom is 0.337 e. The van der Waals surface area contributed by atoms with Crippen LogP contribution >= 0.6 is 0 Å². The molecule has 7 nitrogen and oxygen atoms in total. The molecule has 0 atom stereocenters. The first-order chi connectivity index (χ1) is 13.2. The van der Waals surface area contributed by atoms with Gasteiger partial charge in [0.05, 0.1) is 22.4 Å². The number of amides is 2. The number of rotatable bonds is 6. The van der Waals surface area contributed by atoms with E-state index in [1.165, 1.54) is 24.3 Å². The minimum absolute atomic E-state index is 0.119. The van der Waals surface area contributed by atoms with Crippen molar-refractivity contribution in [1.82, 2.24) is 5.06 Å². The van der Waals surface area contributed by atoms with E-state index >= 15 is 0 Å². The van der Waals surface area contributed by atoms with Crippen LogP contribution in [0.4, 0.5) is 8.78 Å². The average molecular weight is 409 g/mol. The van der Waals surface area contributed by atoms with Crippen LogP contribution in [0.15, 0.2) is 53.4 Å². The normalized spacial score (nSPS) is 13.8. The summed E-state index contributed by atoms with van der Waals surface area (Å²) in [6.45, 7) is 0. The Morgan fingerprint density at radius 1 is 0.964 bits per heavy atom. The second-order valence-corrected chi connectivity index (χ2v) is 7.94. The largest absolute Gasteiger partial charge is 0.337 e. The van der Waals surface area contributed by atoms with E-state index in [4.69, 9.17) is 4.84 Å². The lowest BCUT2D eigenvalue weighted by molar-refractivity contribution is -0.167. The minimum Gasteiger partial charge on any atom is -0.329 e. The molecule has 2 aromatic carbocycles. The van der Waals surface area contributed by atoms with Gasteiger partial charge in [-0.3, -0.25) is 9.59 Å². The van der Waals surface area contributed by atoms with Crippen molar-refractivity contribution >= 4 is 27.6 Å². The molecule has 146 valence electrons. The number of carbonyl (C=O) groups is 3. The SMILES string of the molecule is O=C(Cc1ccc(S(=O)(=O)CC(F)F)cc1)ON1C(=O)c2ccccc2C1=O. The Kier molecular flexibility index (Phi) is 5.23. The fourth-order valence-corrected chi connectivity index (χ4v) is 3.70. The number of imide groups is 1. The molecule has 0 radical (unpaired) electrons. The Morgan fingerprint density at radius 3 is 2.00 bits per heavy atom. The number of hydrogen-bond acceptors (Lipinski definition) is 6. The number of hydrogen-bond donors (Lipinski definition) is 0. The Labute approximate surface area is 158 Å². The van der Waals surface area contributed by atoms with Crippen LogP contribution in [-0.2, 0) is 25.9 Å². The number of hydroxylamine groups is 2. The van der Waals surface area contributed by atoms with Crippen LogP contribution in [0.3, 0.4) is 0 Å². The van der Waals surface area contributed by atoms with Crippen LogP contribution in [0.25, 0.3) is 0 Å². The van der Waals surface area contributed by atoms with Gasteiger partial charge in [-0.2, -0.15) is 0 Å². The van der Waals surface area contributed by atoms with Gasteiger partial charge in [-0.25, -0.2) is 22.0 Å². The van der Waals surface area contributed by atoms with Gasteiger partial charge in [0, 0.05) is 0 Å². The highest BCUT2D eigenvalue weighted by Crippen LogP contribution is 2.23. The first-order valence-corrected chi connectivity index (χ1v) is 9.63. The summed E-state index contributed by atoms with van der Waals surface area (Å²) in [6.07, 6.45) is -3.36. The van der Waals surface area contributed by atoms with Crippen molar-refractivity contribution in [3.8, 4) is 0 Å². The molecule has 28 heavy (non-hydrogen) atoms. The number of nitrogens with zero attached hydrogens (tertiary/aromatic N) is 1. The van der Waals surface area contributed by atoms with Crippen LogP contribution in [-0.4, -0.2) is 43.4 Å². The van der Waals surface area contributed by atoms with Gasteiger partial charge >= 0.3 is 5.97 Å². The molecule has 1 aliphatic rings. The maximum absolute atomic E-state index is 12.3. The summed E-state index contributed by atoms with van der Waals surface area (Å²) in [7, 11) is -4.13. The maximum atomic E-state index is 12.3. The molecule has 0 N–H and O–H groups in total. The summed E-state index contributed by atoms with van der Waals surface area (Å²) in [5.41, 5.74) is 0.556. The lowest BCUT2D eigenvalue weighted by Crippen LogP contribution is -2.33. The van der Waals surface area contributed by atoms with E-state index in [0.29, 0.717) is 10.6 Å². The van der Waals surface area contributed by atoms with Gasteiger partial charge < -0.3 is 4.84 Å². The molecule has 0 saturated carbocycles. The zero-order valence-electron chi connectivity index (χ0n) is 14.2. The van der Waals surface area contributed by atoms with E-state index in [1.54, 1.807) is 12.1 Å². The van der Waals surface area contributed by atoms with Gasteiger partial charge in [0.2, 0.25) is 0 Å². The van der Waals surface area contributed by atoms with Crippen molar-refractivity contribution in [3.63, 3.8) is 0 Å². The summed E-state index contributed by atoms with van der Waals surface area (Å²) in [5.74, 6) is -3.74. The molecule has 0 aliphatic carbocycles. The fourth-order valence-electron chi connectivity index (χ4n) is 2.63. The molecular weight excluding hydrogens is 396 g/mol. The molecule has 2 aromatic rings. The third kappa shape index (κ3) is 3.91. The van der Waals surface area contributed by atoms with Gasteiger partial charge in [-0.1, -0.05) is 29.3 Å². The summed E-state index contributed by atoms with van der Waals surface area (Å²) in [6, 6.07) is 10.7. The minimum atomic E-state index is -4.13. The topological polar surface area (TPSA) is 97.8 Å².